The van der Waals surface area contributed by atoms with E-state index in [2.05, 4.69) is 5.32 Å². The molecule has 1 N–H and O–H groups in total. The lowest BCUT2D eigenvalue weighted by Crippen LogP contribution is -2.22. The third-order valence-electron chi connectivity index (χ3n) is 4.60. The van der Waals surface area contributed by atoms with Gasteiger partial charge in [-0.2, -0.15) is 0 Å². The summed E-state index contributed by atoms with van der Waals surface area (Å²) >= 11 is 0. The molecule has 0 saturated carbocycles. The molecule has 0 fully saturated rings. The van der Waals surface area contributed by atoms with Crippen molar-refractivity contribution < 1.29 is 23.8 Å². The number of amides is 1. The summed E-state index contributed by atoms with van der Waals surface area (Å²) in [5, 5.41) is 2.69. The zero-order valence-corrected chi connectivity index (χ0v) is 16.3. The Balaban J connectivity index is 1.26. The molecule has 0 unspecified atom stereocenters. The van der Waals surface area contributed by atoms with Crippen LogP contribution in [0.15, 0.2) is 72.8 Å². The minimum Gasteiger partial charge on any atom is -0.486 e. The van der Waals surface area contributed by atoms with Gasteiger partial charge in [0, 0.05) is 11.8 Å². The standard InChI is InChI=1S/C24H21NO5/c26-23(25-20-10-11-21-22(15-20)29-13-12-28-21)16-30-24(27)14-17-6-8-19(9-7-17)18-4-2-1-3-5-18/h1-11,15H,12-14,16H2,(H,25,26). The first-order valence-corrected chi connectivity index (χ1v) is 9.67. The predicted octanol–water partition coefficient (Wildman–Crippen LogP) is 3.85. The van der Waals surface area contributed by atoms with Crippen LogP contribution < -0.4 is 14.8 Å². The number of carbonyl (C=O) groups is 2. The van der Waals surface area contributed by atoms with Crippen LogP contribution in [0.5, 0.6) is 11.5 Å². The van der Waals surface area contributed by atoms with E-state index in [0.29, 0.717) is 30.4 Å². The van der Waals surface area contributed by atoms with Crippen molar-refractivity contribution in [1.82, 2.24) is 0 Å². The summed E-state index contributed by atoms with van der Waals surface area (Å²) in [6, 6.07) is 22.8. The van der Waals surface area contributed by atoms with Crippen molar-refractivity contribution in [3.05, 3.63) is 78.4 Å². The summed E-state index contributed by atoms with van der Waals surface area (Å²) in [5.41, 5.74) is 3.57. The molecule has 30 heavy (non-hydrogen) atoms. The second-order valence-corrected chi connectivity index (χ2v) is 6.81. The Labute approximate surface area is 174 Å². The van der Waals surface area contributed by atoms with Crippen molar-refractivity contribution >= 4 is 17.6 Å². The normalized spacial score (nSPS) is 12.1. The number of nitrogens with one attached hydrogen (secondary N) is 1. The fourth-order valence-corrected chi connectivity index (χ4v) is 3.13. The Bertz CT molecular complexity index is 1030. The molecule has 4 rings (SSSR count). The lowest BCUT2D eigenvalue weighted by molar-refractivity contribution is -0.146. The Morgan fingerprint density at radius 1 is 0.833 bits per heavy atom. The fourth-order valence-electron chi connectivity index (χ4n) is 3.13. The highest BCUT2D eigenvalue weighted by Crippen LogP contribution is 2.32. The lowest BCUT2D eigenvalue weighted by atomic mass is 10.0. The van der Waals surface area contributed by atoms with E-state index in [0.717, 1.165) is 16.7 Å². The van der Waals surface area contributed by atoms with Gasteiger partial charge in [0.25, 0.3) is 5.91 Å². The van der Waals surface area contributed by atoms with Crippen LogP contribution in [0, 0.1) is 0 Å². The fraction of sp³-hybridized carbons (Fsp3) is 0.167. The quantitative estimate of drug-likeness (QED) is 0.633. The Hall–Kier alpha value is -3.80. The lowest BCUT2D eigenvalue weighted by Gasteiger charge is -2.19. The first-order chi connectivity index (χ1) is 14.7. The molecule has 152 valence electrons. The van der Waals surface area contributed by atoms with E-state index < -0.39 is 11.9 Å². The maximum Gasteiger partial charge on any atom is 0.310 e. The number of ether oxygens (including phenoxy) is 3. The van der Waals surface area contributed by atoms with Crippen LogP contribution >= 0.6 is 0 Å². The van der Waals surface area contributed by atoms with Crippen molar-refractivity contribution in [2.75, 3.05) is 25.1 Å². The highest BCUT2D eigenvalue weighted by Gasteiger charge is 2.14. The summed E-state index contributed by atoms with van der Waals surface area (Å²) in [7, 11) is 0. The number of carbonyl (C=O) groups excluding carboxylic acids is 2. The molecule has 0 saturated heterocycles. The number of fused-ring (bicyclic) bond motifs is 1. The van der Waals surface area contributed by atoms with Gasteiger partial charge < -0.3 is 19.5 Å². The average Bonchev–Trinajstić information content (AvgIpc) is 2.79. The molecule has 0 aliphatic carbocycles. The van der Waals surface area contributed by atoms with Gasteiger partial charge in [-0.1, -0.05) is 54.6 Å². The second kappa shape index (κ2) is 9.13. The van der Waals surface area contributed by atoms with Crippen LogP contribution in [0.1, 0.15) is 5.56 Å². The second-order valence-electron chi connectivity index (χ2n) is 6.81. The minimum atomic E-state index is -0.459. The van der Waals surface area contributed by atoms with Crippen molar-refractivity contribution in [1.29, 1.82) is 0 Å². The molecule has 0 spiro atoms. The average molecular weight is 403 g/mol. The largest absolute Gasteiger partial charge is 0.486 e. The first kappa shape index (κ1) is 19.5. The van der Waals surface area contributed by atoms with Gasteiger partial charge in [0.05, 0.1) is 6.42 Å². The molecule has 0 bridgehead atoms. The summed E-state index contributed by atoms with van der Waals surface area (Å²) in [4.78, 5) is 24.2. The number of hydrogen-bond acceptors (Lipinski definition) is 5. The Morgan fingerprint density at radius 2 is 1.53 bits per heavy atom. The number of esters is 1. The van der Waals surface area contributed by atoms with Gasteiger partial charge in [-0.15, -0.1) is 0 Å². The van der Waals surface area contributed by atoms with Crippen LogP contribution in [0.3, 0.4) is 0 Å². The van der Waals surface area contributed by atoms with E-state index in [1.165, 1.54) is 0 Å². The maximum absolute atomic E-state index is 12.1. The SMILES string of the molecule is O=C(COC(=O)Cc1ccc(-c2ccccc2)cc1)Nc1ccc2c(c1)OCCO2. The third kappa shape index (κ3) is 4.97. The van der Waals surface area contributed by atoms with Crippen LogP contribution in [0.2, 0.25) is 0 Å². The number of benzene rings is 3. The van der Waals surface area contributed by atoms with Crippen molar-refractivity contribution in [3.63, 3.8) is 0 Å². The monoisotopic (exact) mass is 403 g/mol. The molecule has 3 aromatic carbocycles. The summed E-state index contributed by atoms with van der Waals surface area (Å²) in [6.07, 6.45) is 0.104. The third-order valence-corrected chi connectivity index (χ3v) is 4.60. The smallest absolute Gasteiger partial charge is 0.310 e. The van der Waals surface area contributed by atoms with Crippen LogP contribution in [0.4, 0.5) is 5.69 Å². The summed E-state index contributed by atoms with van der Waals surface area (Å²) in [5.74, 6) is 0.346. The zero-order chi connectivity index (χ0) is 20.8. The molecule has 6 heteroatoms. The van der Waals surface area contributed by atoms with E-state index in [-0.39, 0.29) is 13.0 Å². The molecular formula is C24H21NO5. The van der Waals surface area contributed by atoms with Gasteiger partial charge in [-0.3, -0.25) is 9.59 Å². The van der Waals surface area contributed by atoms with Crippen molar-refractivity contribution in [3.8, 4) is 22.6 Å². The van der Waals surface area contributed by atoms with Crippen molar-refractivity contribution in [2.45, 2.75) is 6.42 Å². The predicted molar refractivity (Wildman–Crippen MR) is 113 cm³/mol. The Morgan fingerprint density at radius 3 is 2.30 bits per heavy atom. The van der Waals surface area contributed by atoms with Gasteiger partial charge >= 0.3 is 5.97 Å². The van der Waals surface area contributed by atoms with Crippen molar-refractivity contribution in [2.24, 2.45) is 0 Å². The number of rotatable bonds is 6. The molecule has 1 aliphatic heterocycles. The highest BCUT2D eigenvalue weighted by molar-refractivity contribution is 5.93. The van der Waals surface area contributed by atoms with E-state index >= 15 is 0 Å². The minimum absolute atomic E-state index is 0.104. The summed E-state index contributed by atoms with van der Waals surface area (Å²) < 4.78 is 16.0. The van der Waals surface area contributed by atoms with Crippen LogP contribution in [0.25, 0.3) is 11.1 Å². The summed E-state index contributed by atoms with van der Waals surface area (Å²) in [6.45, 7) is 0.618. The van der Waals surface area contributed by atoms with Gasteiger partial charge in [-0.25, -0.2) is 0 Å². The van der Waals surface area contributed by atoms with Gasteiger partial charge in [0.1, 0.15) is 13.2 Å². The van der Waals surface area contributed by atoms with E-state index in [1.54, 1.807) is 18.2 Å². The molecule has 6 nitrogen and oxygen atoms in total. The van der Waals surface area contributed by atoms with Crippen LogP contribution in [-0.4, -0.2) is 31.7 Å². The Kier molecular flexibility index (Phi) is 5.94. The first-order valence-electron chi connectivity index (χ1n) is 9.67. The topological polar surface area (TPSA) is 73.9 Å². The molecule has 0 atom stereocenters. The van der Waals surface area contributed by atoms with E-state index in [4.69, 9.17) is 14.2 Å². The van der Waals surface area contributed by atoms with E-state index in [9.17, 15) is 9.59 Å². The molecule has 3 aromatic rings. The molecule has 1 aliphatic rings. The van der Waals surface area contributed by atoms with Gasteiger partial charge in [-0.05, 0) is 28.8 Å². The maximum atomic E-state index is 12.1. The zero-order valence-electron chi connectivity index (χ0n) is 16.3. The van der Waals surface area contributed by atoms with Gasteiger partial charge in [0.2, 0.25) is 0 Å². The molecule has 1 amide bonds. The number of anilines is 1. The molecule has 0 aromatic heterocycles. The molecular weight excluding hydrogens is 382 g/mol. The highest BCUT2D eigenvalue weighted by atomic mass is 16.6. The molecule has 0 radical (unpaired) electrons. The molecule has 1 heterocycles. The van der Waals surface area contributed by atoms with Crippen LogP contribution in [-0.2, 0) is 20.7 Å². The number of hydrogen-bond donors (Lipinski definition) is 1. The van der Waals surface area contributed by atoms with Gasteiger partial charge in [0.15, 0.2) is 18.1 Å². The van der Waals surface area contributed by atoms with E-state index in [1.807, 2.05) is 54.6 Å².